The molecule has 0 bridgehead atoms. The Morgan fingerprint density at radius 3 is 2.36 bits per heavy atom. The highest BCUT2D eigenvalue weighted by atomic mass is 32.2. The molecule has 0 saturated carbocycles. The first-order chi connectivity index (χ1) is 6.65. The average Bonchev–Trinajstić information content (AvgIpc) is 2.16. The molecule has 3 heteroatoms. The quantitative estimate of drug-likeness (QED) is 0.654. The van der Waals surface area contributed by atoms with Crippen molar-refractivity contribution in [3.8, 4) is 0 Å². The summed E-state index contributed by atoms with van der Waals surface area (Å²) in [7, 11) is 0. The summed E-state index contributed by atoms with van der Waals surface area (Å²) in [6, 6.07) is 0.651. The minimum Gasteiger partial charge on any atom is -0.330 e. The van der Waals surface area contributed by atoms with Crippen molar-refractivity contribution in [2.24, 2.45) is 17.6 Å². The Kier molecular flexibility index (Phi) is 8.73. The zero-order valence-corrected chi connectivity index (χ0v) is 10.9. The van der Waals surface area contributed by atoms with Crippen LogP contribution in [0.3, 0.4) is 0 Å². The molecule has 0 aliphatic heterocycles. The second kappa shape index (κ2) is 8.57. The van der Waals surface area contributed by atoms with E-state index in [-0.39, 0.29) is 0 Å². The summed E-state index contributed by atoms with van der Waals surface area (Å²) in [4.78, 5) is 0. The molecular formula is C11H26N2S. The van der Waals surface area contributed by atoms with Crippen LogP contribution in [0.15, 0.2) is 0 Å². The summed E-state index contributed by atoms with van der Waals surface area (Å²) in [6.45, 7) is 8.58. The topological polar surface area (TPSA) is 38.0 Å². The second-order valence-corrected chi connectivity index (χ2v) is 5.12. The van der Waals surface area contributed by atoms with Gasteiger partial charge in [-0.1, -0.05) is 20.8 Å². The van der Waals surface area contributed by atoms with E-state index in [2.05, 4.69) is 32.3 Å². The van der Waals surface area contributed by atoms with Gasteiger partial charge in [0.1, 0.15) is 0 Å². The molecule has 0 aromatic carbocycles. The maximum atomic E-state index is 5.73. The average molecular weight is 218 g/mol. The van der Waals surface area contributed by atoms with E-state index in [9.17, 15) is 0 Å². The molecule has 0 fully saturated rings. The first-order valence-electron chi connectivity index (χ1n) is 5.58. The highest BCUT2D eigenvalue weighted by Crippen LogP contribution is 2.09. The zero-order chi connectivity index (χ0) is 11.0. The van der Waals surface area contributed by atoms with Crippen LogP contribution < -0.4 is 11.1 Å². The highest BCUT2D eigenvalue weighted by molar-refractivity contribution is 7.98. The van der Waals surface area contributed by atoms with E-state index in [4.69, 9.17) is 5.73 Å². The van der Waals surface area contributed by atoms with Crippen LogP contribution in [0.5, 0.6) is 0 Å². The van der Waals surface area contributed by atoms with E-state index in [0.29, 0.717) is 17.9 Å². The van der Waals surface area contributed by atoms with Crippen LogP contribution in [0, 0.1) is 11.8 Å². The summed E-state index contributed by atoms with van der Waals surface area (Å²) >= 11 is 1.91. The predicted octanol–water partition coefficient (Wildman–Crippen LogP) is 1.95. The van der Waals surface area contributed by atoms with Gasteiger partial charge in [-0.05, 0) is 37.6 Å². The van der Waals surface area contributed by atoms with E-state index in [1.165, 1.54) is 12.2 Å². The Balaban J connectivity index is 3.75. The second-order valence-electron chi connectivity index (χ2n) is 4.21. The van der Waals surface area contributed by atoms with E-state index in [1.807, 2.05) is 11.8 Å². The van der Waals surface area contributed by atoms with Crippen molar-refractivity contribution in [1.29, 1.82) is 0 Å². The fraction of sp³-hybridized carbons (Fsp3) is 1.00. The van der Waals surface area contributed by atoms with Crippen LogP contribution in [0.25, 0.3) is 0 Å². The first-order valence-corrected chi connectivity index (χ1v) is 6.97. The predicted molar refractivity (Wildman–Crippen MR) is 67.8 cm³/mol. The van der Waals surface area contributed by atoms with Crippen molar-refractivity contribution in [2.45, 2.75) is 33.2 Å². The molecule has 2 nitrogen and oxygen atoms in total. The smallest absolute Gasteiger partial charge is 0.0155 e. The van der Waals surface area contributed by atoms with Crippen LogP contribution >= 0.6 is 11.8 Å². The molecule has 0 aliphatic carbocycles. The SMILES string of the molecule is CCC(CSC)NCC(CN)C(C)C. The van der Waals surface area contributed by atoms with Crippen molar-refractivity contribution < 1.29 is 0 Å². The van der Waals surface area contributed by atoms with Crippen molar-refractivity contribution in [2.75, 3.05) is 25.1 Å². The van der Waals surface area contributed by atoms with Crippen molar-refractivity contribution in [3.63, 3.8) is 0 Å². The van der Waals surface area contributed by atoms with E-state index in [1.54, 1.807) is 0 Å². The molecule has 0 heterocycles. The zero-order valence-electron chi connectivity index (χ0n) is 10.0. The van der Waals surface area contributed by atoms with Crippen LogP contribution in [0.4, 0.5) is 0 Å². The van der Waals surface area contributed by atoms with E-state index < -0.39 is 0 Å². The number of nitrogens with one attached hydrogen (secondary N) is 1. The number of nitrogens with two attached hydrogens (primary N) is 1. The van der Waals surface area contributed by atoms with Crippen molar-refractivity contribution in [3.05, 3.63) is 0 Å². The minimum atomic E-state index is 0.617. The summed E-state index contributed by atoms with van der Waals surface area (Å²) in [6.07, 6.45) is 3.36. The normalized spacial score (nSPS) is 15.9. The lowest BCUT2D eigenvalue weighted by molar-refractivity contribution is 0.353. The molecule has 0 aliphatic rings. The van der Waals surface area contributed by atoms with Crippen molar-refractivity contribution in [1.82, 2.24) is 5.32 Å². The molecule has 2 unspecified atom stereocenters. The molecule has 0 saturated heterocycles. The molecule has 86 valence electrons. The number of hydrogen-bond acceptors (Lipinski definition) is 3. The van der Waals surface area contributed by atoms with Gasteiger partial charge < -0.3 is 11.1 Å². The van der Waals surface area contributed by atoms with Crippen LogP contribution in [-0.4, -0.2) is 31.1 Å². The lowest BCUT2D eigenvalue weighted by atomic mass is 9.96. The Labute approximate surface area is 93.4 Å². The van der Waals surface area contributed by atoms with Gasteiger partial charge in [0.2, 0.25) is 0 Å². The summed E-state index contributed by atoms with van der Waals surface area (Å²) in [5.74, 6) is 2.50. The van der Waals surface area contributed by atoms with Gasteiger partial charge in [0, 0.05) is 11.8 Å². The Morgan fingerprint density at radius 1 is 1.36 bits per heavy atom. The molecule has 14 heavy (non-hydrogen) atoms. The molecule has 0 aromatic rings. The van der Waals surface area contributed by atoms with Gasteiger partial charge in [-0.25, -0.2) is 0 Å². The molecule has 0 rings (SSSR count). The number of hydrogen-bond donors (Lipinski definition) is 2. The fourth-order valence-corrected chi connectivity index (χ4v) is 2.19. The van der Waals surface area contributed by atoms with Gasteiger partial charge in [-0.3, -0.25) is 0 Å². The minimum absolute atomic E-state index is 0.617. The Bertz CT molecular complexity index is 128. The third kappa shape index (κ3) is 5.89. The number of rotatable bonds is 8. The fourth-order valence-electron chi connectivity index (χ4n) is 1.43. The molecule has 3 N–H and O–H groups in total. The first kappa shape index (κ1) is 14.3. The van der Waals surface area contributed by atoms with Crippen molar-refractivity contribution >= 4 is 11.8 Å². The largest absolute Gasteiger partial charge is 0.330 e. The monoisotopic (exact) mass is 218 g/mol. The summed E-state index contributed by atoms with van der Waals surface area (Å²) < 4.78 is 0. The van der Waals surface area contributed by atoms with Gasteiger partial charge in [0.15, 0.2) is 0 Å². The molecule has 0 aromatic heterocycles. The third-order valence-electron chi connectivity index (χ3n) is 2.77. The van der Waals surface area contributed by atoms with Gasteiger partial charge in [0.05, 0.1) is 0 Å². The standard InChI is InChI=1S/C11H26N2S/c1-5-11(8-14-4)13-7-10(6-12)9(2)3/h9-11,13H,5-8,12H2,1-4H3. The van der Waals surface area contributed by atoms with E-state index in [0.717, 1.165) is 13.1 Å². The third-order valence-corrected chi connectivity index (χ3v) is 3.51. The number of thioether (sulfide) groups is 1. The molecule has 0 spiro atoms. The Hall–Kier alpha value is 0.270. The molecule has 0 amide bonds. The maximum Gasteiger partial charge on any atom is 0.0155 e. The molecule has 0 radical (unpaired) electrons. The lowest BCUT2D eigenvalue weighted by Crippen LogP contribution is -2.38. The van der Waals surface area contributed by atoms with Crippen LogP contribution in [-0.2, 0) is 0 Å². The molecule has 2 atom stereocenters. The lowest BCUT2D eigenvalue weighted by Gasteiger charge is -2.23. The van der Waals surface area contributed by atoms with Crippen LogP contribution in [0.1, 0.15) is 27.2 Å². The van der Waals surface area contributed by atoms with Gasteiger partial charge in [-0.2, -0.15) is 11.8 Å². The van der Waals surface area contributed by atoms with Gasteiger partial charge >= 0.3 is 0 Å². The Morgan fingerprint density at radius 2 is 2.00 bits per heavy atom. The van der Waals surface area contributed by atoms with E-state index >= 15 is 0 Å². The maximum absolute atomic E-state index is 5.73. The van der Waals surface area contributed by atoms with Gasteiger partial charge in [0.25, 0.3) is 0 Å². The summed E-state index contributed by atoms with van der Waals surface area (Å²) in [5, 5.41) is 3.60. The highest BCUT2D eigenvalue weighted by Gasteiger charge is 2.13. The van der Waals surface area contributed by atoms with Gasteiger partial charge in [-0.15, -0.1) is 0 Å². The summed E-state index contributed by atoms with van der Waals surface area (Å²) in [5.41, 5.74) is 5.73. The van der Waals surface area contributed by atoms with Crippen LogP contribution in [0.2, 0.25) is 0 Å². The molecular weight excluding hydrogens is 192 g/mol.